The van der Waals surface area contributed by atoms with Gasteiger partial charge in [-0.2, -0.15) is 0 Å². The Hall–Kier alpha value is -2.14. The molecule has 0 aliphatic carbocycles. The molecule has 0 fully saturated rings. The molecule has 3 N–H and O–H groups in total. The van der Waals surface area contributed by atoms with Crippen LogP contribution in [0.1, 0.15) is 24.8 Å². The van der Waals surface area contributed by atoms with Crippen LogP contribution in [0.3, 0.4) is 0 Å². The van der Waals surface area contributed by atoms with E-state index in [0.29, 0.717) is 11.6 Å². The van der Waals surface area contributed by atoms with Gasteiger partial charge in [0.05, 0.1) is 11.6 Å². The topological polar surface area (TPSA) is 63.8 Å². The third kappa shape index (κ3) is 2.83. The fraction of sp³-hybridized carbons (Fsp3) is 0.250. The fourth-order valence-corrected chi connectivity index (χ4v) is 3.32. The molecule has 21 heavy (non-hydrogen) atoms. The molecule has 0 amide bonds. The molecular formula is C16H18N4S. The van der Waals surface area contributed by atoms with Crippen LogP contribution in [0.15, 0.2) is 42.0 Å². The van der Waals surface area contributed by atoms with Crippen LogP contribution in [0.5, 0.6) is 0 Å². The van der Waals surface area contributed by atoms with Crippen LogP contribution in [0.2, 0.25) is 0 Å². The highest BCUT2D eigenvalue weighted by Crippen LogP contribution is 2.31. The molecule has 3 aromatic rings. The smallest absolute Gasteiger partial charge is 0.137 e. The predicted octanol–water partition coefficient (Wildman–Crippen LogP) is 4.08. The quantitative estimate of drug-likeness (QED) is 0.712. The van der Waals surface area contributed by atoms with Gasteiger partial charge >= 0.3 is 0 Å². The van der Waals surface area contributed by atoms with Crippen molar-refractivity contribution in [1.29, 1.82) is 0 Å². The van der Waals surface area contributed by atoms with Crippen molar-refractivity contribution in [2.45, 2.75) is 19.9 Å². The summed E-state index contributed by atoms with van der Waals surface area (Å²) in [6.45, 7) is 4.41. The number of thiophene rings is 1. The summed E-state index contributed by atoms with van der Waals surface area (Å²) < 4.78 is 0. The number of hydrogen-bond acceptors (Lipinski definition) is 5. The molecular weight excluding hydrogens is 280 g/mol. The summed E-state index contributed by atoms with van der Waals surface area (Å²) >= 11 is 1.76. The van der Waals surface area contributed by atoms with E-state index in [1.807, 2.05) is 18.2 Å². The number of benzene rings is 1. The molecule has 0 spiro atoms. The van der Waals surface area contributed by atoms with Gasteiger partial charge in [0.1, 0.15) is 12.1 Å². The molecule has 1 unspecified atom stereocenters. The fourth-order valence-electron chi connectivity index (χ4n) is 2.37. The molecule has 1 aromatic carbocycles. The molecule has 0 bridgehead atoms. The highest BCUT2D eigenvalue weighted by Gasteiger charge is 2.18. The van der Waals surface area contributed by atoms with Gasteiger partial charge in [-0.3, -0.25) is 0 Å². The molecule has 2 heterocycles. The third-order valence-corrected chi connectivity index (χ3v) is 4.42. The average molecular weight is 298 g/mol. The van der Waals surface area contributed by atoms with E-state index in [-0.39, 0.29) is 6.04 Å². The molecule has 0 aliphatic rings. The number of nitrogen functional groups attached to an aromatic ring is 1. The number of anilines is 2. The highest BCUT2D eigenvalue weighted by molar-refractivity contribution is 7.10. The van der Waals surface area contributed by atoms with Gasteiger partial charge in [-0.25, -0.2) is 9.97 Å². The van der Waals surface area contributed by atoms with Crippen molar-refractivity contribution in [3.63, 3.8) is 0 Å². The second kappa shape index (κ2) is 5.69. The van der Waals surface area contributed by atoms with Crippen molar-refractivity contribution in [1.82, 2.24) is 9.97 Å². The first-order valence-corrected chi connectivity index (χ1v) is 7.83. The van der Waals surface area contributed by atoms with Crippen LogP contribution < -0.4 is 11.1 Å². The van der Waals surface area contributed by atoms with Gasteiger partial charge in [0, 0.05) is 16.0 Å². The Morgan fingerprint density at radius 3 is 2.76 bits per heavy atom. The second-order valence-corrected chi connectivity index (χ2v) is 6.36. The SMILES string of the molecule is CC(C)C(Nc1ncnc2cc(N)ccc12)c1cccs1. The zero-order chi connectivity index (χ0) is 14.8. The van der Waals surface area contributed by atoms with Gasteiger partial charge in [-0.15, -0.1) is 11.3 Å². The first-order chi connectivity index (χ1) is 10.1. The summed E-state index contributed by atoms with van der Waals surface area (Å²) in [5.74, 6) is 1.31. The number of rotatable bonds is 4. The number of nitrogens with one attached hydrogen (secondary N) is 1. The number of nitrogens with zero attached hydrogens (tertiary/aromatic N) is 2. The average Bonchev–Trinajstić information content (AvgIpc) is 2.97. The largest absolute Gasteiger partial charge is 0.399 e. The Bertz CT molecular complexity index is 737. The lowest BCUT2D eigenvalue weighted by atomic mass is 10.0. The van der Waals surface area contributed by atoms with Gasteiger partial charge in [-0.05, 0) is 35.6 Å². The maximum atomic E-state index is 5.82. The summed E-state index contributed by atoms with van der Waals surface area (Å²) in [5.41, 5.74) is 7.40. The third-order valence-electron chi connectivity index (χ3n) is 3.47. The standard InChI is InChI=1S/C16H18N4S/c1-10(2)15(14-4-3-7-21-14)20-16-12-6-5-11(17)8-13(12)18-9-19-16/h3-10,15H,17H2,1-2H3,(H,18,19,20). The van der Waals surface area contributed by atoms with E-state index in [4.69, 9.17) is 5.73 Å². The lowest BCUT2D eigenvalue weighted by Gasteiger charge is -2.22. The van der Waals surface area contributed by atoms with Gasteiger partial charge in [-0.1, -0.05) is 19.9 Å². The Morgan fingerprint density at radius 2 is 2.05 bits per heavy atom. The van der Waals surface area contributed by atoms with Crippen LogP contribution in [-0.4, -0.2) is 9.97 Å². The van der Waals surface area contributed by atoms with Gasteiger partial charge in [0.25, 0.3) is 0 Å². The predicted molar refractivity (Wildman–Crippen MR) is 89.5 cm³/mol. The minimum absolute atomic E-state index is 0.237. The zero-order valence-corrected chi connectivity index (χ0v) is 12.9. The lowest BCUT2D eigenvalue weighted by molar-refractivity contribution is 0.552. The van der Waals surface area contributed by atoms with E-state index in [0.717, 1.165) is 16.7 Å². The van der Waals surface area contributed by atoms with Crippen LogP contribution in [0.4, 0.5) is 11.5 Å². The number of aromatic nitrogens is 2. The molecule has 0 aliphatic heterocycles. The van der Waals surface area contributed by atoms with Crippen molar-refractivity contribution in [2.24, 2.45) is 5.92 Å². The van der Waals surface area contributed by atoms with Crippen LogP contribution >= 0.6 is 11.3 Å². The first kappa shape index (κ1) is 13.8. The molecule has 2 aromatic heterocycles. The van der Waals surface area contributed by atoms with Gasteiger partial charge in [0.2, 0.25) is 0 Å². The molecule has 0 saturated heterocycles. The second-order valence-electron chi connectivity index (χ2n) is 5.38. The molecule has 4 nitrogen and oxygen atoms in total. The van der Waals surface area contributed by atoms with Crippen LogP contribution in [-0.2, 0) is 0 Å². The number of hydrogen-bond donors (Lipinski definition) is 2. The minimum Gasteiger partial charge on any atom is -0.399 e. The number of nitrogens with two attached hydrogens (primary N) is 1. The zero-order valence-electron chi connectivity index (χ0n) is 12.1. The Kier molecular flexibility index (Phi) is 3.75. The van der Waals surface area contributed by atoms with Crippen molar-refractivity contribution in [3.8, 4) is 0 Å². The summed E-state index contributed by atoms with van der Waals surface area (Å²) in [4.78, 5) is 10.0. The summed E-state index contributed by atoms with van der Waals surface area (Å²) in [6, 6.07) is 10.2. The molecule has 5 heteroatoms. The van der Waals surface area contributed by atoms with E-state index in [1.54, 1.807) is 17.7 Å². The van der Waals surface area contributed by atoms with Crippen LogP contribution in [0, 0.1) is 5.92 Å². The summed E-state index contributed by atoms with van der Waals surface area (Å²) in [6.07, 6.45) is 1.58. The van der Waals surface area contributed by atoms with Crippen molar-refractivity contribution in [3.05, 3.63) is 46.9 Å². The summed E-state index contributed by atoms with van der Waals surface area (Å²) in [7, 11) is 0. The van der Waals surface area contributed by atoms with Crippen molar-refractivity contribution in [2.75, 3.05) is 11.1 Å². The monoisotopic (exact) mass is 298 g/mol. The van der Waals surface area contributed by atoms with E-state index in [9.17, 15) is 0 Å². The van der Waals surface area contributed by atoms with Crippen LogP contribution in [0.25, 0.3) is 10.9 Å². The Balaban J connectivity index is 2.00. The van der Waals surface area contributed by atoms with Gasteiger partial charge in [0.15, 0.2) is 0 Å². The molecule has 1 atom stereocenters. The van der Waals surface area contributed by atoms with Crippen molar-refractivity contribution >= 4 is 33.7 Å². The Morgan fingerprint density at radius 1 is 1.19 bits per heavy atom. The van der Waals surface area contributed by atoms with E-state index >= 15 is 0 Å². The maximum Gasteiger partial charge on any atom is 0.137 e. The minimum atomic E-state index is 0.237. The van der Waals surface area contributed by atoms with E-state index in [1.165, 1.54) is 4.88 Å². The first-order valence-electron chi connectivity index (χ1n) is 6.95. The normalized spacial score (nSPS) is 12.7. The van der Waals surface area contributed by atoms with E-state index < -0.39 is 0 Å². The van der Waals surface area contributed by atoms with Crippen molar-refractivity contribution < 1.29 is 0 Å². The molecule has 0 radical (unpaired) electrons. The lowest BCUT2D eigenvalue weighted by Crippen LogP contribution is -2.16. The number of fused-ring (bicyclic) bond motifs is 1. The summed E-state index contributed by atoms with van der Waals surface area (Å²) in [5, 5.41) is 6.66. The maximum absolute atomic E-state index is 5.82. The molecule has 0 saturated carbocycles. The van der Waals surface area contributed by atoms with Gasteiger partial charge < -0.3 is 11.1 Å². The highest BCUT2D eigenvalue weighted by atomic mass is 32.1. The molecule has 108 valence electrons. The molecule has 3 rings (SSSR count). The van der Waals surface area contributed by atoms with E-state index in [2.05, 4.69) is 46.6 Å². The Labute approximate surface area is 128 Å².